The fourth-order valence-corrected chi connectivity index (χ4v) is 2.48. The summed E-state index contributed by atoms with van der Waals surface area (Å²) in [6.45, 7) is 0. The summed E-state index contributed by atoms with van der Waals surface area (Å²) in [5.41, 5.74) is 2.29. The Morgan fingerprint density at radius 2 is 1.14 bits per heavy atom. The molecule has 0 heterocycles. The van der Waals surface area contributed by atoms with E-state index >= 15 is 0 Å². The number of hydrogen-bond acceptors (Lipinski definition) is 5. The Kier molecular flexibility index (Phi) is 7.91. The molecule has 0 aromatic heterocycles. The van der Waals surface area contributed by atoms with Gasteiger partial charge in [0, 0.05) is 0 Å². The van der Waals surface area contributed by atoms with Gasteiger partial charge in [0.15, 0.2) is 23.0 Å². The van der Waals surface area contributed by atoms with Crippen LogP contribution in [-0.2, 0) is 0 Å². The Balaban J connectivity index is 1.98. The van der Waals surface area contributed by atoms with Crippen LogP contribution in [0.3, 0.4) is 0 Å². The van der Waals surface area contributed by atoms with E-state index in [9.17, 15) is 0 Å². The first kappa shape index (κ1) is 20.8. The lowest BCUT2D eigenvalue weighted by molar-refractivity contribution is 0.355. The molecule has 28 heavy (non-hydrogen) atoms. The molecule has 0 atom stereocenters. The van der Waals surface area contributed by atoms with Gasteiger partial charge in [-0.3, -0.25) is 0 Å². The fourth-order valence-electron chi connectivity index (χ4n) is 2.48. The summed E-state index contributed by atoms with van der Waals surface area (Å²) in [6.07, 6.45) is 10.9. The van der Waals surface area contributed by atoms with Gasteiger partial charge in [-0.1, -0.05) is 36.4 Å². The van der Waals surface area contributed by atoms with Crippen molar-refractivity contribution in [1.29, 1.82) is 5.41 Å². The van der Waals surface area contributed by atoms with Crippen LogP contribution in [0, 0.1) is 5.41 Å². The summed E-state index contributed by atoms with van der Waals surface area (Å²) in [4.78, 5) is 0. The van der Waals surface area contributed by atoms with Crippen molar-refractivity contribution in [2.45, 2.75) is 0 Å². The SMILES string of the molecule is COc1ccc(/C=C/C=C/C(=N)/C=C/c2ccc(OC)c(OC)c2)cc1OC. The normalized spacial score (nSPS) is 11.3. The molecule has 0 unspecified atom stereocenters. The molecule has 5 heteroatoms. The van der Waals surface area contributed by atoms with Crippen LogP contribution >= 0.6 is 0 Å². The smallest absolute Gasteiger partial charge is 0.161 e. The van der Waals surface area contributed by atoms with Crippen molar-refractivity contribution in [2.75, 3.05) is 28.4 Å². The molecule has 0 aliphatic rings. The van der Waals surface area contributed by atoms with Crippen molar-refractivity contribution in [2.24, 2.45) is 0 Å². The molecule has 1 N–H and O–H groups in total. The quantitative estimate of drug-likeness (QED) is 0.491. The molecule has 0 aliphatic carbocycles. The van der Waals surface area contributed by atoms with Crippen LogP contribution in [-0.4, -0.2) is 34.2 Å². The first-order chi connectivity index (χ1) is 13.6. The molecule has 0 saturated carbocycles. The van der Waals surface area contributed by atoms with E-state index in [1.807, 2.05) is 60.7 Å². The standard InChI is InChI=1S/C23H25NO4/c1-25-20-13-10-17(15-22(20)27-3)7-5-6-8-19(24)12-9-18-11-14-21(26-2)23(16-18)28-4/h5-16,24H,1-4H3/b7-5+,8-6+,12-9+,24-19?. The minimum atomic E-state index is 0.381. The topological polar surface area (TPSA) is 60.8 Å². The van der Waals surface area contributed by atoms with Crippen molar-refractivity contribution in [3.8, 4) is 23.0 Å². The van der Waals surface area contributed by atoms with Crippen molar-refractivity contribution < 1.29 is 18.9 Å². The predicted molar refractivity (Wildman–Crippen MR) is 114 cm³/mol. The molecule has 0 amide bonds. The van der Waals surface area contributed by atoms with E-state index in [1.54, 1.807) is 40.6 Å². The van der Waals surface area contributed by atoms with Crippen LogP contribution in [0.1, 0.15) is 11.1 Å². The molecular formula is C23H25NO4. The zero-order valence-corrected chi connectivity index (χ0v) is 16.6. The molecule has 0 bridgehead atoms. The minimum Gasteiger partial charge on any atom is -0.493 e. The van der Waals surface area contributed by atoms with E-state index in [2.05, 4.69) is 0 Å². The number of ether oxygens (including phenoxy) is 4. The molecule has 2 aromatic carbocycles. The fraction of sp³-hybridized carbons (Fsp3) is 0.174. The first-order valence-electron chi connectivity index (χ1n) is 8.66. The zero-order chi connectivity index (χ0) is 20.4. The highest BCUT2D eigenvalue weighted by molar-refractivity contribution is 6.04. The summed E-state index contributed by atoms with van der Waals surface area (Å²) in [5.74, 6) is 2.70. The van der Waals surface area contributed by atoms with Gasteiger partial charge in [-0.2, -0.15) is 0 Å². The van der Waals surface area contributed by atoms with Crippen LogP contribution in [0.5, 0.6) is 23.0 Å². The lowest BCUT2D eigenvalue weighted by Crippen LogP contribution is -1.90. The number of rotatable bonds is 9. The first-order valence-corrected chi connectivity index (χ1v) is 8.66. The Bertz CT molecular complexity index is 897. The van der Waals surface area contributed by atoms with Crippen LogP contribution in [0.4, 0.5) is 0 Å². The Labute approximate surface area is 166 Å². The maximum absolute atomic E-state index is 8.01. The average molecular weight is 379 g/mol. The summed E-state index contributed by atoms with van der Waals surface area (Å²) >= 11 is 0. The third kappa shape index (κ3) is 5.77. The van der Waals surface area contributed by atoms with E-state index in [0.717, 1.165) is 11.1 Å². The molecule has 2 rings (SSSR count). The Hall–Kier alpha value is -3.47. The molecule has 0 radical (unpaired) electrons. The van der Waals surface area contributed by atoms with Gasteiger partial charge < -0.3 is 24.4 Å². The van der Waals surface area contributed by atoms with E-state index in [0.29, 0.717) is 28.7 Å². The van der Waals surface area contributed by atoms with Crippen molar-refractivity contribution in [3.05, 3.63) is 71.8 Å². The highest BCUT2D eigenvalue weighted by Gasteiger charge is 2.03. The average Bonchev–Trinajstić information content (AvgIpc) is 2.74. The van der Waals surface area contributed by atoms with Crippen LogP contribution < -0.4 is 18.9 Å². The highest BCUT2D eigenvalue weighted by atomic mass is 16.5. The van der Waals surface area contributed by atoms with Gasteiger partial charge in [-0.05, 0) is 47.5 Å². The van der Waals surface area contributed by atoms with Crippen molar-refractivity contribution in [1.82, 2.24) is 0 Å². The number of hydrogen-bond donors (Lipinski definition) is 1. The molecule has 0 aliphatic heterocycles. The minimum absolute atomic E-state index is 0.381. The molecule has 5 nitrogen and oxygen atoms in total. The van der Waals surface area contributed by atoms with Crippen molar-refractivity contribution >= 4 is 17.9 Å². The van der Waals surface area contributed by atoms with Gasteiger partial charge in [0.1, 0.15) is 0 Å². The largest absolute Gasteiger partial charge is 0.493 e. The summed E-state index contributed by atoms with van der Waals surface area (Å²) < 4.78 is 21.0. The lowest BCUT2D eigenvalue weighted by Gasteiger charge is -2.07. The number of methoxy groups -OCH3 is 4. The van der Waals surface area contributed by atoms with E-state index < -0.39 is 0 Å². The van der Waals surface area contributed by atoms with Gasteiger partial charge >= 0.3 is 0 Å². The molecule has 0 fully saturated rings. The summed E-state index contributed by atoms with van der Waals surface area (Å²) in [5, 5.41) is 8.01. The Morgan fingerprint density at radius 3 is 1.64 bits per heavy atom. The molecule has 0 saturated heterocycles. The van der Waals surface area contributed by atoms with E-state index in [4.69, 9.17) is 24.4 Å². The number of allylic oxidation sites excluding steroid dienone is 4. The maximum atomic E-state index is 8.01. The van der Waals surface area contributed by atoms with E-state index in [1.165, 1.54) is 0 Å². The summed E-state index contributed by atoms with van der Waals surface area (Å²) in [7, 11) is 6.42. The maximum Gasteiger partial charge on any atom is 0.161 e. The molecule has 146 valence electrons. The van der Waals surface area contributed by atoms with Crippen LogP contribution in [0.25, 0.3) is 12.2 Å². The second kappa shape index (κ2) is 10.6. The second-order valence-corrected chi connectivity index (χ2v) is 5.74. The monoisotopic (exact) mass is 379 g/mol. The van der Waals surface area contributed by atoms with Gasteiger partial charge in [0.25, 0.3) is 0 Å². The van der Waals surface area contributed by atoms with Crippen molar-refractivity contribution in [3.63, 3.8) is 0 Å². The van der Waals surface area contributed by atoms with Crippen LogP contribution in [0.15, 0.2) is 60.7 Å². The summed E-state index contributed by atoms with van der Waals surface area (Å²) in [6, 6.07) is 11.3. The third-order valence-corrected chi connectivity index (χ3v) is 3.95. The van der Waals surface area contributed by atoms with E-state index in [-0.39, 0.29) is 0 Å². The van der Waals surface area contributed by atoms with Crippen LogP contribution in [0.2, 0.25) is 0 Å². The third-order valence-electron chi connectivity index (χ3n) is 3.95. The highest BCUT2D eigenvalue weighted by Crippen LogP contribution is 2.28. The predicted octanol–water partition coefficient (Wildman–Crippen LogP) is 5.02. The second-order valence-electron chi connectivity index (χ2n) is 5.74. The molecule has 2 aromatic rings. The Morgan fingerprint density at radius 1 is 0.643 bits per heavy atom. The molecular weight excluding hydrogens is 354 g/mol. The number of benzene rings is 2. The number of nitrogens with one attached hydrogen (secondary N) is 1. The van der Waals surface area contributed by atoms with Gasteiger partial charge in [-0.15, -0.1) is 0 Å². The van der Waals surface area contributed by atoms with Gasteiger partial charge in [0.2, 0.25) is 0 Å². The zero-order valence-electron chi connectivity index (χ0n) is 16.6. The van der Waals surface area contributed by atoms with Gasteiger partial charge in [0.05, 0.1) is 34.2 Å². The molecule has 0 spiro atoms. The lowest BCUT2D eigenvalue weighted by atomic mass is 10.1. The van der Waals surface area contributed by atoms with Gasteiger partial charge in [-0.25, -0.2) is 0 Å².